The number of rotatable bonds is 8. The van der Waals surface area contributed by atoms with Crippen molar-refractivity contribution in [3.8, 4) is 0 Å². The summed E-state index contributed by atoms with van der Waals surface area (Å²) in [6, 6.07) is 8.22. The molecule has 2 amide bonds. The molecule has 1 aromatic carbocycles. The molecular formula is C21H32N2O2. The monoisotopic (exact) mass is 344 g/mol. The summed E-state index contributed by atoms with van der Waals surface area (Å²) in [6.45, 7) is 9.08. The molecule has 0 bridgehead atoms. The number of aryl methyl sites for hydroxylation is 1. The zero-order valence-corrected chi connectivity index (χ0v) is 16.0. The van der Waals surface area contributed by atoms with Crippen LogP contribution in [0.5, 0.6) is 0 Å². The van der Waals surface area contributed by atoms with Gasteiger partial charge in [0, 0.05) is 24.7 Å². The van der Waals surface area contributed by atoms with Crippen LogP contribution in [0.2, 0.25) is 0 Å². The van der Waals surface area contributed by atoms with Gasteiger partial charge in [-0.3, -0.25) is 9.59 Å². The van der Waals surface area contributed by atoms with E-state index in [2.05, 4.69) is 33.0 Å². The number of amides is 2. The average molecular weight is 344 g/mol. The molecule has 0 unspecified atom stereocenters. The molecule has 1 aliphatic rings. The Hall–Kier alpha value is -1.84. The largest absolute Gasteiger partial charge is 0.353 e. The highest BCUT2D eigenvalue weighted by Gasteiger charge is 2.35. The van der Waals surface area contributed by atoms with Crippen LogP contribution < -0.4 is 10.2 Å². The first-order valence-corrected chi connectivity index (χ1v) is 9.60. The summed E-state index contributed by atoms with van der Waals surface area (Å²) in [5, 5.41) is 3.09. The molecule has 2 rings (SSSR count). The predicted octanol–water partition coefficient (Wildman–Crippen LogP) is 3.93. The van der Waals surface area contributed by atoms with Crippen molar-refractivity contribution in [2.45, 2.75) is 65.8 Å². The standard InChI is InChI=1S/C21H32N2O2/c1-5-17-9-11-19(12-10-17)23-14-18(13-20(23)24)21(25)22-16(4)8-6-7-15(2)3/h9-12,15-16,18H,5-8,13-14H2,1-4H3,(H,22,25)/t16-,18+/m0/s1. The van der Waals surface area contributed by atoms with E-state index in [4.69, 9.17) is 0 Å². The number of carbonyl (C=O) groups is 2. The predicted molar refractivity (Wildman–Crippen MR) is 103 cm³/mol. The van der Waals surface area contributed by atoms with Crippen LogP contribution in [0, 0.1) is 11.8 Å². The Morgan fingerprint density at radius 1 is 1.20 bits per heavy atom. The lowest BCUT2D eigenvalue weighted by Crippen LogP contribution is -2.38. The third kappa shape index (κ3) is 5.58. The van der Waals surface area contributed by atoms with Gasteiger partial charge in [-0.05, 0) is 43.4 Å². The van der Waals surface area contributed by atoms with Crippen LogP contribution >= 0.6 is 0 Å². The molecule has 1 N–H and O–H groups in total. The lowest BCUT2D eigenvalue weighted by molar-refractivity contribution is -0.126. The Kier molecular flexibility index (Phi) is 7.03. The Labute approximate surface area is 152 Å². The third-order valence-electron chi connectivity index (χ3n) is 4.96. The van der Waals surface area contributed by atoms with Gasteiger partial charge in [-0.2, -0.15) is 0 Å². The van der Waals surface area contributed by atoms with Crippen LogP contribution in [0.4, 0.5) is 5.69 Å². The number of anilines is 1. The Bertz CT molecular complexity index is 580. The fourth-order valence-electron chi connectivity index (χ4n) is 3.31. The normalized spacial score (nSPS) is 18.7. The second-order valence-electron chi connectivity index (χ2n) is 7.66. The molecule has 0 aromatic heterocycles. The maximum absolute atomic E-state index is 12.5. The lowest BCUT2D eigenvalue weighted by atomic mass is 10.0. The first-order valence-electron chi connectivity index (χ1n) is 9.60. The van der Waals surface area contributed by atoms with Gasteiger partial charge in [0.1, 0.15) is 0 Å². The third-order valence-corrected chi connectivity index (χ3v) is 4.96. The van der Waals surface area contributed by atoms with Crippen LogP contribution in [-0.2, 0) is 16.0 Å². The van der Waals surface area contributed by atoms with E-state index >= 15 is 0 Å². The van der Waals surface area contributed by atoms with Crippen LogP contribution in [0.3, 0.4) is 0 Å². The van der Waals surface area contributed by atoms with Gasteiger partial charge in [-0.25, -0.2) is 0 Å². The molecule has 1 aromatic rings. The van der Waals surface area contributed by atoms with Crippen molar-refractivity contribution in [2.75, 3.05) is 11.4 Å². The van der Waals surface area contributed by atoms with E-state index in [9.17, 15) is 9.59 Å². The molecule has 0 aliphatic carbocycles. The molecule has 1 saturated heterocycles. The molecule has 2 atom stereocenters. The minimum Gasteiger partial charge on any atom is -0.353 e. The van der Waals surface area contributed by atoms with E-state index in [0.717, 1.165) is 24.9 Å². The molecule has 25 heavy (non-hydrogen) atoms. The molecule has 1 aliphatic heterocycles. The fourth-order valence-corrected chi connectivity index (χ4v) is 3.31. The van der Waals surface area contributed by atoms with Crippen molar-refractivity contribution in [3.63, 3.8) is 0 Å². The van der Waals surface area contributed by atoms with Gasteiger partial charge in [0.2, 0.25) is 11.8 Å². The van der Waals surface area contributed by atoms with Gasteiger partial charge in [0.05, 0.1) is 5.92 Å². The topological polar surface area (TPSA) is 49.4 Å². The summed E-state index contributed by atoms with van der Waals surface area (Å²) in [5.74, 6) is 0.504. The minimum absolute atomic E-state index is 0.0121. The lowest BCUT2D eigenvalue weighted by Gasteiger charge is -2.19. The van der Waals surface area contributed by atoms with Gasteiger partial charge < -0.3 is 10.2 Å². The van der Waals surface area contributed by atoms with Crippen LogP contribution in [0.25, 0.3) is 0 Å². The summed E-state index contributed by atoms with van der Waals surface area (Å²) >= 11 is 0. The average Bonchev–Trinajstić information content (AvgIpc) is 2.96. The van der Waals surface area contributed by atoms with Crippen molar-refractivity contribution < 1.29 is 9.59 Å². The number of hydrogen-bond donors (Lipinski definition) is 1. The molecule has 1 heterocycles. The van der Waals surface area contributed by atoms with Gasteiger partial charge >= 0.3 is 0 Å². The molecule has 4 nitrogen and oxygen atoms in total. The summed E-state index contributed by atoms with van der Waals surface area (Å²) < 4.78 is 0. The van der Waals surface area contributed by atoms with Crippen molar-refractivity contribution in [1.82, 2.24) is 5.32 Å². The SMILES string of the molecule is CCc1ccc(N2C[C@H](C(=O)N[C@@H](C)CCCC(C)C)CC2=O)cc1. The van der Waals surface area contributed by atoms with E-state index in [1.54, 1.807) is 4.90 Å². The first kappa shape index (κ1) is 19.5. The Morgan fingerprint density at radius 3 is 2.48 bits per heavy atom. The molecular weight excluding hydrogens is 312 g/mol. The second-order valence-corrected chi connectivity index (χ2v) is 7.66. The first-order chi connectivity index (χ1) is 11.9. The summed E-state index contributed by atoms with van der Waals surface area (Å²) in [6.07, 6.45) is 4.59. The Balaban J connectivity index is 1.86. The molecule has 4 heteroatoms. The summed E-state index contributed by atoms with van der Waals surface area (Å²) in [5.41, 5.74) is 2.14. The number of hydrogen-bond acceptors (Lipinski definition) is 2. The Morgan fingerprint density at radius 2 is 1.88 bits per heavy atom. The smallest absolute Gasteiger partial charge is 0.227 e. The molecule has 138 valence electrons. The van der Waals surface area contributed by atoms with E-state index in [-0.39, 0.29) is 23.8 Å². The maximum Gasteiger partial charge on any atom is 0.227 e. The molecule has 1 fully saturated rings. The van der Waals surface area contributed by atoms with Gasteiger partial charge in [0.25, 0.3) is 0 Å². The van der Waals surface area contributed by atoms with E-state index in [1.807, 2.05) is 24.3 Å². The van der Waals surface area contributed by atoms with Crippen LogP contribution in [0.15, 0.2) is 24.3 Å². The highest BCUT2D eigenvalue weighted by molar-refractivity contribution is 6.00. The zero-order valence-electron chi connectivity index (χ0n) is 16.0. The van der Waals surface area contributed by atoms with E-state index in [0.29, 0.717) is 18.9 Å². The van der Waals surface area contributed by atoms with Gasteiger partial charge in [-0.15, -0.1) is 0 Å². The highest BCUT2D eigenvalue weighted by atomic mass is 16.2. The maximum atomic E-state index is 12.5. The second kappa shape index (κ2) is 9.02. The number of nitrogens with zero attached hydrogens (tertiary/aromatic N) is 1. The van der Waals surface area contributed by atoms with E-state index in [1.165, 1.54) is 12.0 Å². The van der Waals surface area contributed by atoms with Crippen molar-refractivity contribution >= 4 is 17.5 Å². The quantitative estimate of drug-likeness (QED) is 0.777. The minimum atomic E-state index is -0.245. The van der Waals surface area contributed by atoms with Crippen LogP contribution in [0.1, 0.15) is 58.9 Å². The molecule has 0 radical (unpaired) electrons. The van der Waals surface area contributed by atoms with Gasteiger partial charge in [0.15, 0.2) is 0 Å². The molecule has 0 saturated carbocycles. The fraction of sp³-hybridized carbons (Fsp3) is 0.619. The zero-order chi connectivity index (χ0) is 18.4. The van der Waals surface area contributed by atoms with Crippen LogP contribution in [-0.4, -0.2) is 24.4 Å². The molecule has 0 spiro atoms. The number of carbonyl (C=O) groups excluding carboxylic acids is 2. The summed E-state index contributed by atoms with van der Waals surface area (Å²) in [4.78, 5) is 26.6. The highest BCUT2D eigenvalue weighted by Crippen LogP contribution is 2.26. The summed E-state index contributed by atoms with van der Waals surface area (Å²) in [7, 11) is 0. The van der Waals surface area contributed by atoms with Crippen molar-refractivity contribution in [1.29, 1.82) is 0 Å². The number of nitrogens with one attached hydrogen (secondary N) is 1. The van der Waals surface area contributed by atoms with Crippen molar-refractivity contribution in [2.24, 2.45) is 11.8 Å². The van der Waals surface area contributed by atoms with Crippen molar-refractivity contribution in [3.05, 3.63) is 29.8 Å². The van der Waals surface area contributed by atoms with E-state index < -0.39 is 0 Å². The number of benzene rings is 1. The van der Waals surface area contributed by atoms with Gasteiger partial charge in [-0.1, -0.05) is 45.7 Å².